The average Bonchev–Trinajstić information content (AvgIpc) is 3.15. The number of rotatable bonds is 6. The van der Waals surface area contributed by atoms with E-state index < -0.39 is 0 Å². The van der Waals surface area contributed by atoms with Crippen LogP contribution in [0.25, 0.3) is 0 Å². The van der Waals surface area contributed by atoms with Crippen molar-refractivity contribution in [2.45, 2.75) is 46.0 Å². The minimum Gasteiger partial charge on any atom is -0.340 e. The van der Waals surface area contributed by atoms with Gasteiger partial charge in [0.15, 0.2) is 0 Å². The van der Waals surface area contributed by atoms with Gasteiger partial charge in [-0.15, -0.1) is 11.3 Å². The van der Waals surface area contributed by atoms with Gasteiger partial charge < -0.3 is 10.2 Å². The van der Waals surface area contributed by atoms with Crippen molar-refractivity contribution in [1.29, 1.82) is 5.26 Å². The zero-order chi connectivity index (χ0) is 23.4. The molecule has 0 saturated carbocycles. The third-order valence-corrected chi connectivity index (χ3v) is 8.03. The number of carbonyl (C=O) groups excluding carboxylic acids is 2. The van der Waals surface area contributed by atoms with Crippen molar-refractivity contribution in [3.63, 3.8) is 0 Å². The summed E-state index contributed by atoms with van der Waals surface area (Å²) < 4.78 is 0. The summed E-state index contributed by atoms with van der Waals surface area (Å²) in [5.41, 5.74) is 4.04. The van der Waals surface area contributed by atoms with Crippen LogP contribution in [0.15, 0.2) is 24.3 Å². The number of fused-ring (bicyclic) bond motifs is 1. The van der Waals surface area contributed by atoms with E-state index >= 15 is 0 Å². The largest absolute Gasteiger partial charge is 0.340 e. The molecule has 1 fully saturated rings. The van der Waals surface area contributed by atoms with Crippen LogP contribution in [0.5, 0.6) is 0 Å². The number of thiophene rings is 1. The number of hydrogen-bond acceptors (Lipinski definition) is 5. The third-order valence-electron chi connectivity index (χ3n) is 6.86. The first-order valence-corrected chi connectivity index (χ1v) is 12.7. The minimum atomic E-state index is -0.0452. The Morgan fingerprint density at radius 1 is 1.21 bits per heavy atom. The SMILES string of the molecule is Cc1ccccc1CC(=O)N1CCN(CCC(=O)Nc2sc3c(c2C#N)CCC(C)C3)CC1. The summed E-state index contributed by atoms with van der Waals surface area (Å²) in [6.45, 7) is 7.89. The summed E-state index contributed by atoms with van der Waals surface area (Å²) in [6, 6.07) is 10.3. The molecule has 1 aliphatic heterocycles. The van der Waals surface area contributed by atoms with Gasteiger partial charge in [-0.3, -0.25) is 14.5 Å². The first-order chi connectivity index (χ1) is 15.9. The summed E-state index contributed by atoms with van der Waals surface area (Å²) >= 11 is 1.57. The number of aryl methyl sites for hydroxylation is 1. The lowest BCUT2D eigenvalue weighted by Gasteiger charge is -2.34. The molecule has 33 heavy (non-hydrogen) atoms. The molecule has 2 aliphatic rings. The molecule has 0 spiro atoms. The van der Waals surface area contributed by atoms with Gasteiger partial charge in [0.2, 0.25) is 11.8 Å². The number of nitrogens with zero attached hydrogens (tertiary/aromatic N) is 3. The van der Waals surface area contributed by atoms with E-state index in [-0.39, 0.29) is 11.8 Å². The number of hydrogen-bond donors (Lipinski definition) is 1. The lowest BCUT2D eigenvalue weighted by Crippen LogP contribution is -2.49. The second-order valence-corrected chi connectivity index (χ2v) is 10.4. The highest BCUT2D eigenvalue weighted by atomic mass is 32.1. The zero-order valence-electron chi connectivity index (χ0n) is 19.5. The summed E-state index contributed by atoms with van der Waals surface area (Å²) in [7, 11) is 0. The highest BCUT2D eigenvalue weighted by molar-refractivity contribution is 7.16. The number of amides is 2. The predicted molar refractivity (Wildman–Crippen MR) is 131 cm³/mol. The minimum absolute atomic E-state index is 0.0452. The quantitative estimate of drug-likeness (QED) is 0.706. The van der Waals surface area contributed by atoms with E-state index in [1.165, 1.54) is 4.88 Å². The summed E-state index contributed by atoms with van der Waals surface area (Å²) in [4.78, 5) is 30.7. The van der Waals surface area contributed by atoms with Crippen LogP contribution >= 0.6 is 11.3 Å². The molecule has 1 atom stereocenters. The fraction of sp³-hybridized carbons (Fsp3) is 0.500. The van der Waals surface area contributed by atoms with Gasteiger partial charge in [-0.1, -0.05) is 31.2 Å². The maximum Gasteiger partial charge on any atom is 0.227 e. The molecule has 4 rings (SSSR count). The van der Waals surface area contributed by atoms with Crippen LogP contribution in [-0.4, -0.2) is 54.3 Å². The van der Waals surface area contributed by atoms with Gasteiger partial charge in [-0.2, -0.15) is 5.26 Å². The third kappa shape index (κ3) is 5.63. The molecule has 1 aliphatic carbocycles. The number of piperazine rings is 1. The molecule has 2 aromatic rings. The molecule has 174 valence electrons. The van der Waals surface area contributed by atoms with Crippen molar-refractivity contribution in [1.82, 2.24) is 9.80 Å². The Morgan fingerprint density at radius 2 is 1.97 bits per heavy atom. The van der Waals surface area contributed by atoms with E-state index in [0.717, 1.165) is 49.0 Å². The van der Waals surface area contributed by atoms with E-state index in [1.807, 2.05) is 36.1 Å². The fourth-order valence-corrected chi connectivity index (χ4v) is 6.09. The average molecular weight is 465 g/mol. The van der Waals surface area contributed by atoms with Gasteiger partial charge in [-0.25, -0.2) is 0 Å². The smallest absolute Gasteiger partial charge is 0.227 e. The molecule has 0 bridgehead atoms. The zero-order valence-corrected chi connectivity index (χ0v) is 20.3. The number of nitrogens with one attached hydrogen (secondary N) is 1. The maximum atomic E-state index is 12.7. The van der Waals surface area contributed by atoms with E-state index in [1.54, 1.807) is 11.3 Å². The fourth-order valence-electron chi connectivity index (χ4n) is 4.71. The second kappa shape index (κ2) is 10.5. The van der Waals surface area contributed by atoms with E-state index in [4.69, 9.17) is 0 Å². The van der Waals surface area contributed by atoms with Crippen molar-refractivity contribution in [2.24, 2.45) is 5.92 Å². The van der Waals surface area contributed by atoms with Crippen LogP contribution in [0.3, 0.4) is 0 Å². The van der Waals surface area contributed by atoms with Crippen molar-refractivity contribution in [2.75, 3.05) is 38.0 Å². The molecule has 1 aromatic heterocycles. The van der Waals surface area contributed by atoms with Crippen LogP contribution in [0.1, 0.15) is 46.9 Å². The van der Waals surface area contributed by atoms with Crippen molar-refractivity contribution >= 4 is 28.2 Å². The van der Waals surface area contributed by atoms with Crippen LogP contribution in [0, 0.1) is 24.2 Å². The van der Waals surface area contributed by atoms with Gasteiger partial charge in [0.05, 0.1) is 12.0 Å². The van der Waals surface area contributed by atoms with Gasteiger partial charge in [-0.05, 0) is 48.8 Å². The highest BCUT2D eigenvalue weighted by Gasteiger charge is 2.25. The maximum absolute atomic E-state index is 12.7. The first kappa shape index (κ1) is 23.5. The molecular weight excluding hydrogens is 432 g/mol. The Bertz CT molecular complexity index is 1060. The molecule has 1 aromatic carbocycles. The van der Waals surface area contributed by atoms with Gasteiger partial charge >= 0.3 is 0 Å². The monoisotopic (exact) mass is 464 g/mol. The Morgan fingerprint density at radius 3 is 2.70 bits per heavy atom. The molecule has 2 heterocycles. The second-order valence-electron chi connectivity index (χ2n) is 9.29. The van der Waals surface area contributed by atoms with Crippen LogP contribution < -0.4 is 5.32 Å². The van der Waals surface area contributed by atoms with Crippen LogP contribution in [0.4, 0.5) is 5.00 Å². The summed E-state index contributed by atoms with van der Waals surface area (Å²) in [6.07, 6.45) is 3.86. The van der Waals surface area contributed by atoms with Crippen molar-refractivity contribution in [3.8, 4) is 6.07 Å². The van der Waals surface area contributed by atoms with Gasteiger partial charge in [0.25, 0.3) is 0 Å². The number of nitriles is 1. The topological polar surface area (TPSA) is 76.4 Å². The lowest BCUT2D eigenvalue weighted by molar-refractivity contribution is -0.132. The van der Waals surface area contributed by atoms with E-state index in [0.29, 0.717) is 49.0 Å². The predicted octanol–water partition coefficient (Wildman–Crippen LogP) is 3.77. The standard InChI is InChI=1S/C26H32N4O2S/c1-18-7-8-21-22(17-27)26(33-23(21)15-18)28-24(31)9-10-29-11-13-30(14-12-29)25(32)16-20-6-4-3-5-19(20)2/h3-6,18H,7-16H2,1-2H3,(H,28,31). The molecule has 2 amide bonds. The molecule has 1 saturated heterocycles. The molecule has 0 radical (unpaired) electrons. The molecule has 1 unspecified atom stereocenters. The lowest BCUT2D eigenvalue weighted by atomic mass is 9.89. The van der Waals surface area contributed by atoms with Crippen molar-refractivity contribution < 1.29 is 9.59 Å². The molecular formula is C26H32N4O2S. The van der Waals surface area contributed by atoms with Gasteiger partial charge in [0.1, 0.15) is 11.1 Å². The van der Waals surface area contributed by atoms with Gasteiger partial charge in [0, 0.05) is 44.0 Å². The highest BCUT2D eigenvalue weighted by Crippen LogP contribution is 2.39. The first-order valence-electron chi connectivity index (χ1n) is 11.8. The molecule has 1 N–H and O–H groups in total. The Kier molecular flexibility index (Phi) is 7.46. The number of anilines is 1. The number of benzene rings is 1. The van der Waals surface area contributed by atoms with Crippen molar-refractivity contribution in [3.05, 3.63) is 51.4 Å². The molecule has 7 heteroatoms. The van der Waals surface area contributed by atoms with Crippen LogP contribution in [-0.2, 0) is 28.9 Å². The van der Waals surface area contributed by atoms with Crippen LogP contribution in [0.2, 0.25) is 0 Å². The van der Waals surface area contributed by atoms with E-state index in [9.17, 15) is 14.9 Å². The summed E-state index contributed by atoms with van der Waals surface area (Å²) in [5.74, 6) is 0.756. The normalized spacial score (nSPS) is 18.5. The molecule has 6 nitrogen and oxygen atoms in total. The van der Waals surface area contributed by atoms with E-state index in [2.05, 4.69) is 23.2 Å². The Labute approximate surface area is 200 Å². The summed E-state index contributed by atoms with van der Waals surface area (Å²) in [5, 5.41) is 13.3. The Hall–Kier alpha value is -2.69. The number of carbonyl (C=O) groups is 2. The Balaban J connectivity index is 1.23.